The summed E-state index contributed by atoms with van der Waals surface area (Å²) in [6.07, 6.45) is 0. The summed E-state index contributed by atoms with van der Waals surface area (Å²) in [6, 6.07) is 8.13. The molecule has 4 nitrogen and oxygen atoms in total. The summed E-state index contributed by atoms with van der Waals surface area (Å²) in [4.78, 5) is 14.0. The molecular weight excluding hydrogens is 240 g/mol. The first-order valence-corrected chi connectivity index (χ1v) is 6.78. The van der Waals surface area contributed by atoms with Crippen molar-refractivity contribution in [3.63, 3.8) is 0 Å². The SMILES string of the molecule is Cc1ccccc1C(C)NC(=O)CN1CC(CO)C1. The molecule has 0 aromatic heterocycles. The Morgan fingerprint density at radius 1 is 1.47 bits per heavy atom. The maximum absolute atomic E-state index is 11.9. The van der Waals surface area contributed by atoms with Crippen molar-refractivity contribution in [2.45, 2.75) is 19.9 Å². The molecule has 0 aliphatic carbocycles. The van der Waals surface area contributed by atoms with Gasteiger partial charge in [-0.1, -0.05) is 24.3 Å². The smallest absolute Gasteiger partial charge is 0.234 e. The highest BCUT2D eigenvalue weighted by Gasteiger charge is 2.27. The fourth-order valence-electron chi connectivity index (χ4n) is 2.56. The van der Waals surface area contributed by atoms with Crippen LogP contribution in [0.2, 0.25) is 0 Å². The van der Waals surface area contributed by atoms with Gasteiger partial charge >= 0.3 is 0 Å². The first kappa shape index (κ1) is 14.0. The lowest BCUT2D eigenvalue weighted by Gasteiger charge is -2.37. The molecule has 1 aromatic carbocycles. The van der Waals surface area contributed by atoms with Crippen molar-refractivity contribution in [3.05, 3.63) is 35.4 Å². The molecule has 19 heavy (non-hydrogen) atoms. The fraction of sp³-hybridized carbons (Fsp3) is 0.533. The number of hydrogen-bond acceptors (Lipinski definition) is 3. The Morgan fingerprint density at radius 3 is 2.79 bits per heavy atom. The molecule has 4 heteroatoms. The van der Waals surface area contributed by atoms with Gasteiger partial charge in [-0.15, -0.1) is 0 Å². The van der Waals surface area contributed by atoms with Gasteiger partial charge in [-0.3, -0.25) is 9.69 Å². The number of aryl methyl sites for hydroxylation is 1. The van der Waals surface area contributed by atoms with Crippen molar-refractivity contribution in [1.82, 2.24) is 10.2 Å². The molecule has 1 aliphatic heterocycles. The zero-order chi connectivity index (χ0) is 13.8. The molecule has 1 unspecified atom stereocenters. The summed E-state index contributed by atoms with van der Waals surface area (Å²) in [5.74, 6) is 0.397. The van der Waals surface area contributed by atoms with Crippen LogP contribution in [-0.4, -0.2) is 42.2 Å². The zero-order valence-electron chi connectivity index (χ0n) is 11.6. The van der Waals surface area contributed by atoms with E-state index in [-0.39, 0.29) is 18.6 Å². The molecule has 0 radical (unpaired) electrons. The van der Waals surface area contributed by atoms with Crippen LogP contribution < -0.4 is 5.32 Å². The maximum Gasteiger partial charge on any atom is 0.234 e. The second kappa shape index (κ2) is 6.17. The predicted octanol–water partition coefficient (Wildman–Crippen LogP) is 1.10. The van der Waals surface area contributed by atoms with E-state index in [9.17, 15) is 4.79 Å². The van der Waals surface area contributed by atoms with E-state index in [0.29, 0.717) is 12.5 Å². The topological polar surface area (TPSA) is 52.6 Å². The van der Waals surface area contributed by atoms with Gasteiger partial charge in [-0.2, -0.15) is 0 Å². The molecule has 0 spiro atoms. The number of carbonyl (C=O) groups excluding carboxylic acids is 1. The number of benzene rings is 1. The zero-order valence-corrected chi connectivity index (χ0v) is 11.6. The molecule has 2 rings (SSSR count). The summed E-state index contributed by atoms with van der Waals surface area (Å²) in [6.45, 7) is 6.35. The highest BCUT2D eigenvalue weighted by atomic mass is 16.3. The quantitative estimate of drug-likeness (QED) is 0.835. The van der Waals surface area contributed by atoms with Gasteiger partial charge in [-0.05, 0) is 25.0 Å². The average molecular weight is 262 g/mol. The van der Waals surface area contributed by atoms with Gasteiger partial charge in [0, 0.05) is 25.6 Å². The number of aliphatic hydroxyl groups is 1. The highest BCUT2D eigenvalue weighted by molar-refractivity contribution is 5.78. The van der Waals surface area contributed by atoms with Gasteiger partial charge in [0.15, 0.2) is 0 Å². The van der Waals surface area contributed by atoms with Crippen molar-refractivity contribution >= 4 is 5.91 Å². The van der Waals surface area contributed by atoms with Gasteiger partial charge in [-0.25, -0.2) is 0 Å². The number of hydrogen-bond donors (Lipinski definition) is 2. The summed E-state index contributed by atoms with van der Waals surface area (Å²) >= 11 is 0. The number of nitrogens with zero attached hydrogens (tertiary/aromatic N) is 1. The monoisotopic (exact) mass is 262 g/mol. The molecule has 0 bridgehead atoms. The minimum Gasteiger partial charge on any atom is -0.396 e. The van der Waals surface area contributed by atoms with Crippen LogP contribution in [-0.2, 0) is 4.79 Å². The number of carbonyl (C=O) groups is 1. The molecule has 1 aliphatic rings. The van der Waals surface area contributed by atoms with Crippen LogP contribution in [0.5, 0.6) is 0 Å². The lowest BCUT2D eigenvalue weighted by molar-refractivity contribution is -0.124. The van der Waals surface area contributed by atoms with E-state index in [1.54, 1.807) is 0 Å². The maximum atomic E-state index is 11.9. The normalized spacial score (nSPS) is 17.8. The Hall–Kier alpha value is -1.39. The summed E-state index contributed by atoms with van der Waals surface area (Å²) in [5, 5.41) is 12.0. The van der Waals surface area contributed by atoms with E-state index in [0.717, 1.165) is 18.7 Å². The predicted molar refractivity (Wildman–Crippen MR) is 74.8 cm³/mol. The van der Waals surface area contributed by atoms with Crippen molar-refractivity contribution in [2.24, 2.45) is 5.92 Å². The molecule has 2 N–H and O–H groups in total. The summed E-state index contributed by atoms with van der Waals surface area (Å²) in [7, 11) is 0. The van der Waals surface area contributed by atoms with Crippen LogP contribution in [0.15, 0.2) is 24.3 Å². The Kier molecular flexibility index (Phi) is 4.56. The molecule has 1 saturated heterocycles. The van der Waals surface area contributed by atoms with Crippen LogP contribution in [0.1, 0.15) is 24.1 Å². The van der Waals surface area contributed by atoms with E-state index in [1.807, 2.05) is 25.1 Å². The molecule has 1 amide bonds. The molecule has 1 fully saturated rings. The summed E-state index contributed by atoms with van der Waals surface area (Å²) in [5.41, 5.74) is 2.35. The minimum atomic E-state index is 0.0311. The lowest BCUT2D eigenvalue weighted by Crippen LogP contribution is -2.52. The van der Waals surface area contributed by atoms with Gasteiger partial charge in [0.1, 0.15) is 0 Å². The van der Waals surface area contributed by atoms with Gasteiger partial charge in [0.2, 0.25) is 5.91 Å². The van der Waals surface area contributed by atoms with Crippen LogP contribution in [0.25, 0.3) is 0 Å². The lowest BCUT2D eigenvalue weighted by atomic mass is 10.0. The van der Waals surface area contributed by atoms with E-state index < -0.39 is 0 Å². The van der Waals surface area contributed by atoms with E-state index in [4.69, 9.17) is 5.11 Å². The molecular formula is C15H22N2O2. The number of rotatable bonds is 5. The molecule has 1 atom stereocenters. The van der Waals surface area contributed by atoms with E-state index in [1.165, 1.54) is 5.56 Å². The van der Waals surface area contributed by atoms with Gasteiger partial charge in [0.25, 0.3) is 0 Å². The second-order valence-corrected chi connectivity index (χ2v) is 5.39. The Bertz CT molecular complexity index is 442. The van der Waals surface area contributed by atoms with Crippen LogP contribution >= 0.6 is 0 Å². The number of nitrogens with one attached hydrogen (secondary N) is 1. The molecule has 0 saturated carbocycles. The number of likely N-dealkylation sites (tertiary alicyclic amines) is 1. The van der Waals surface area contributed by atoms with Crippen LogP contribution in [0.4, 0.5) is 0 Å². The van der Waals surface area contributed by atoms with Gasteiger partial charge < -0.3 is 10.4 Å². The second-order valence-electron chi connectivity index (χ2n) is 5.39. The van der Waals surface area contributed by atoms with Crippen molar-refractivity contribution in [3.8, 4) is 0 Å². The van der Waals surface area contributed by atoms with Crippen molar-refractivity contribution in [2.75, 3.05) is 26.2 Å². The number of amides is 1. The molecule has 104 valence electrons. The van der Waals surface area contributed by atoms with Crippen molar-refractivity contribution in [1.29, 1.82) is 0 Å². The largest absolute Gasteiger partial charge is 0.396 e. The van der Waals surface area contributed by atoms with Gasteiger partial charge in [0.05, 0.1) is 12.6 Å². The van der Waals surface area contributed by atoms with Crippen LogP contribution in [0.3, 0.4) is 0 Å². The minimum absolute atomic E-state index is 0.0311. The molecule has 1 heterocycles. The third kappa shape index (κ3) is 3.55. The average Bonchev–Trinajstić information content (AvgIpc) is 2.33. The Balaban J connectivity index is 1.81. The standard InChI is InChI=1S/C15H22N2O2/c1-11-5-3-4-6-14(11)12(2)16-15(19)9-17-7-13(8-17)10-18/h3-6,12-13,18H,7-10H2,1-2H3,(H,16,19). The fourth-order valence-corrected chi connectivity index (χ4v) is 2.56. The number of aliphatic hydroxyl groups excluding tert-OH is 1. The van der Waals surface area contributed by atoms with E-state index in [2.05, 4.69) is 23.2 Å². The summed E-state index contributed by atoms with van der Waals surface area (Å²) < 4.78 is 0. The Morgan fingerprint density at radius 2 is 2.16 bits per heavy atom. The van der Waals surface area contributed by atoms with Crippen molar-refractivity contribution < 1.29 is 9.90 Å². The first-order valence-electron chi connectivity index (χ1n) is 6.78. The highest BCUT2D eigenvalue weighted by Crippen LogP contribution is 2.17. The third-order valence-electron chi connectivity index (χ3n) is 3.69. The third-order valence-corrected chi connectivity index (χ3v) is 3.69. The van der Waals surface area contributed by atoms with E-state index >= 15 is 0 Å². The van der Waals surface area contributed by atoms with Crippen LogP contribution in [0, 0.1) is 12.8 Å². The molecule has 1 aromatic rings. The first-order chi connectivity index (χ1) is 9.10. The Labute approximate surface area is 114 Å².